The van der Waals surface area contributed by atoms with Gasteiger partial charge in [-0.1, -0.05) is 36.4 Å². The highest BCUT2D eigenvalue weighted by molar-refractivity contribution is 7.92. The monoisotopic (exact) mass is 319 g/mol. The Bertz CT molecular complexity index is 776. The first-order valence-electron chi connectivity index (χ1n) is 6.19. The molecule has 0 saturated carbocycles. The van der Waals surface area contributed by atoms with Crippen LogP contribution < -0.4 is 14.8 Å². The second kappa shape index (κ2) is 6.27. The van der Waals surface area contributed by atoms with Crippen molar-refractivity contribution in [2.45, 2.75) is 0 Å². The Kier molecular flexibility index (Phi) is 4.42. The molecule has 3 N–H and O–H groups in total. The minimum Gasteiger partial charge on any atom is -0.350 e. The number of nitrogens with two attached hydrogens (primary N) is 1. The van der Waals surface area contributed by atoms with E-state index < -0.39 is 22.1 Å². The fraction of sp³-hybridized carbons (Fsp3) is 0. The predicted octanol–water partition coefficient (Wildman–Crippen LogP) is 1.25. The number of anilines is 1. The van der Waals surface area contributed by atoms with E-state index in [1.54, 1.807) is 36.4 Å². The Morgan fingerprint density at radius 1 is 0.909 bits per heavy atom. The lowest BCUT2D eigenvalue weighted by atomic mass is 10.2. The summed E-state index contributed by atoms with van der Waals surface area (Å²) in [6, 6.07) is 14.0. The van der Waals surface area contributed by atoms with Crippen molar-refractivity contribution in [3.8, 4) is 0 Å². The van der Waals surface area contributed by atoms with Gasteiger partial charge in [-0.15, -0.1) is 0 Å². The van der Waals surface area contributed by atoms with Crippen LogP contribution >= 0.6 is 0 Å². The lowest BCUT2D eigenvalue weighted by Gasteiger charge is -2.20. The van der Waals surface area contributed by atoms with E-state index in [9.17, 15) is 18.0 Å². The zero-order valence-corrected chi connectivity index (χ0v) is 12.2. The van der Waals surface area contributed by atoms with Crippen molar-refractivity contribution in [2.75, 3.05) is 4.31 Å². The number of nitrogens with zero attached hydrogens (tertiary/aromatic N) is 1. The third-order valence-corrected chi connectivity index (χ3v) is 4.00. The summed E-state index contributed by atoms with van der Waals surface area (Å²) in [7, 11) is -4.46. The maximum Gasteiger partial charge on any atom is 0.334 e. The average molecular weight is 319 g/mol. The minimum atomic E-state index is -4.46. The van der Waals surface area contributed by atoms with E-state index in [1.807, 2.05) is 4.72 Å². The second-order valence-electron chi connectivity index (χ2n) is 4.24. The van der Waals surface area contributed by atoms with Gasteiger partial charge >= 0.3 is 16.2 Å². The van der Waals surface area contributed by atoms with Gasteiger partial charge in [0.05, 0.1) is 5.69 Å². The molecule has 0 radical (unpaired) electrons. The first-order valence-corrected chi connectivity index (χ1v) is 7.63. The Morgan fingerprint density at radius 3 is 1.91 bits per heavy atom. The molecule has 3 amide bonds. The molecule has 0 aliphatic rings. The Hall–Kier alpha value is -2.87. The molecule has 0 atom stereocenters. The fourth-order valence-electron chi connectivity index (χ4n) is 1.76. The Labute approximate surface area is 127 Å². The molecular formula is C14H13N3O4S. The summed E-state index contributed by atoms with van der Waals surface area (Å²) in [6.07, 6.45) is 0. The molecule has 2 aromatic rings. The van der Waals surface area contributed by atoms with Crippen molar-refractivity contribution >= 4 is 27.8 Å². The first kappa shape index (κ1) is 15.5. The van der Waals surface area contributed by atoms with Crippen LogP contribution in [-0.4, -0.2) is 20.4 Å². The van der Waals surface area contributed by atoms with Gasteiger partial charge in [0.15, 0.2) is 0 Å². The highest BCUT2D eigenvalue weighted by Gasteiger charge is 2.29. The summed E-state index contributed by atoms with van der Waals surface area (Å²) < 4.78 is 26.6. The average Bonchev–Trinajstić information content (AvgIpc) is 2.48. The normalized spacial score (nSPS) is 10.7. The molecule has 0 saturated heterocycles. The predicted molar refractivity (Wildman–Crippen MR) is 81.3 cm³/mol. The van der Waals surface area contributed by atoms with Crippen LogP contribution in [0.15, 0.2) is 60.7 Å². The number of para-hydroxylation sites is 1. The molecule has 114 valence electrons. The molecule has 2 aromatic carbocycles. The molecule has 0 unspecified atom stereocenters. The number of nitrogens with one attached hydrogen (secondary N) is 1. The molecule has 0 heterocycles. The molecule has 8 heteroatoms. The van der Waals surface area contributed by atoms with Crippen molar-refractivity contribution in [1.82, 2.24) is 4.72 Å². The Morgan fingerprint density at radius 2 is 1.41 bits per heavy atom. The third kappa shape index (κ3) is 3.41. The van der Waals surface area contributed by atoms with Crippen molar-refractivity contribution in [2.24, 2.45) is 5.73 Å². The number of rotatable bonds is 4. The van der Waals surface area contributed by atoms with Crippen LogP contribution in [0.1, 0.15) is 10.4 Å². The summed E-state index contributed by atoms with van der Waals surface area (Å²) in [4.78, 5) is 23.4. The lowest BCUT2D eigenvalue weighted by Crippen LogP contribution is -2.49. The van der Waals surface area contributed by atoms with E-state index in [2.05, 4.69) is 0 Å². The van der Waals surface area contributed by atoms with Crippen LogP contribution in [0, 0.1) is 0 Å². The van der Waals surface area contributed by atoms with Gasteiger partial charge in [0.2, 0.25) is 0 Å². The van der Waals surface area contributed by atoms with E-state index in [0.29, 0.717) is 4.31 Å². The summed E-state index contributed by atoms with van der Waals surface area (Å²) in [6.45, 7) is 0. The van der Waals surface area contributed by atoms with Gasteiger partial charge in [0.1, 0.15) is 0 Å². The smallest absolute Gasteiger partial charge is 0.334 e. The SMILES string of the molecule is NC(=O)N(c1ccccc1)S(=O)(=O)NC(=O)c1ccccc1. The zero-order valence-electron chi connectivity index (χ0n) is 11.3. The number of hydrogen-bond acceptors (Lipinski definition) is 4. The minimum absolute atomic E-state index is 0.0309. The molecule has 0 aromatic heterocycles. The summed E-state index contributed by atoms with van der Waals surface area (Å²) in [5.41, 5.74) is 5.30. The second-order valence-corrected chi connectivity index (χ2v) is 5.76. The summed E-state index contributed by atoms with van der Waals surface area (Å²) in [5, 5.41) is 0. The van der Waals surface area contributed by atoms with E-state index in [1.165, 1.54) is 24.3 Å². The largest absolute Gasteiger partial charge is 0.350 e. The topological polar surface area (TPSA) is 110 Å². The number of benzene rings is 2. The quantitative estimate of drug-likeness (QED) is 0.883. The van der Waals surface area contributed by atoms with Gasteiger partial charge in [-0.3, -0.25) is 4.79 Å². The van der Waals surface area contributed by atoms with E-state index in [4.69, 9.17) is 5.73 Å². The van der Waals surface area contributed by atoms with E-state index in [0.717, 1.165) is 0 Å². The highest BCUT2D eigenvalue weighted by Crippen LogP contribution is 2.16. The molecule has 0 bridgehead atoms. The van der Waals surface area contributed by atoms with Crippen LogP contribution in [0.3, 0.4) is 0 Å². The highest BCUT2D eigenvalue weighted by atomic mass is 32.2. The van der Waals surface area contributed by atoms with Crippen LogP contribution in [0.2, 0.25) is 0 Å². The van der Waals surface area contributed by atoms with Crippen LogP contribution in [-0.2, 0) is 10.2 Å². The molecule has 0 fully saturated rings. The van der Waals surface area contributed by atoms with E-state index in [-0.39, 0.29) is 11.3 Å². The first-order chi connectivity index (χ1) is 10.4. The fourth-order valence-corrected chi connectivity index (χ4v) is 2.84. The van der Waals surface area contributed by atoms with Gasteiger partial charge in [-0.2, -0.15) is 12.7 Å². The maximum atomic E-state index is 12.2. The van der Waals surface area contributed by atoms with Crippen LogP contribution in [0.4, 0.5) is 10.5 Å². The maximum absolute atomic E-state index is 12.2. The van der Waals surface area contributed by atoms with Crippen molar-refractivity contribution < 1.29 is 18.0 Å². The number of hydrogen-bond donors (Lipinski definition) is 2. The molecule has 0 aliphatic carbocycles. The summed E-state index contributed by atoms with van der Waals surface area (Å²) >= 11 is 0. The zero-order chi connectivity index (χ0) is 16.2. The Balaban J connectivity index is 2.31. The molecule has 0 aliphatic heterocycles. The summed E-state index contributed by atoms with van der Waals surface area (Å²) in [5.74, 6) is -0.859. The number of amides is 3. The molecule has 0 spiro atoms. The van der Waals surface area contributed by atoms with Crippen molar-refractivity contribution in [3.63, 3.8) is 0 Å². The van der Waals surface area contributed by atoms with E-state index >= 15 is 0 Å². The van der Waals surface area contributed by atoms with Crippen molar-refractivity contribution in [1.29, 1.82) is 0 Å². The van der Waals surface area contributed by atoms with Gasteiger partial charge in [-0.05, 0) is 24.3 Å². The number of primary amides is 1. The van der Waals surface area contributed by atoms with Gasteiger partial charge in [0.25, 0.3) is 5.91 Å². The van der Waals surface area contributed by atoms with Gasteiger partial charge < -0.3 is 5.73 Å². The standard InChI is InChI=1S/C14H13N3O4S/c15-14(19)17(12-9-5-2-6-10-12)22(20,21)16-13(18)11-7-3-1-4-8-11/h1-10H,(H2,15,19)(H,16,18). The van der Waals surface area contributed by atoms with Crippen molar-refractivity contribution in [3.05, 3.63) is 66.2 Å². The molecular weight excluding hydrogens is 306 g/mol. The van der Waals surface area contributed by atoms with Crippen LogP contribution in [0.5, 0.6) is 0 Å². The third-order valence-electron chi connectivity index (χ3n) is 2.69. The number of urea groups is 1. The van der Waals surface area contributed by atoms with Crippen LogP contribution in [0.25, 0.3) is 0 Å². The molecule has 7 nitrogen and oxygen atoms in total. The number of carbonyl (C=O) groups is 2. The molecule has 2 rings (SSSR count). The van der Waals surface area contributed by atoms with Gasteiger partial charge in [-0.25, -0.2) is 9.52 Å². The lowest BCUT2D eigenvalue weighted by molar-refractivity contribution is 0.0981. The molecule has 22 heavy (non-hydrogen) atoms. The number of carbonyl (C=O) groups excluding carboxylic acids is 2. The van der Waals surface area contributed by atoms with Gasteiger partial charge in [0, 0.05) is 5.56 Å².